The summed E-state index contributed by atoms with van der Waals surface area (Å²) in [4.78, 5) is 7.05. The molecule has 1 amide bonds. The minimum atomic E-state index is -3.54. The van der Waals surface area contributed by atoms with E-state index in [1.54, 1.807) is 0 Å². The molecule has 1 aliphatic carbocycles. The Bertz CT molecular complexity index is 194. The van der Waals surface area contributed by atoms with Crippen LogP contribution in [0, 0.1) is 0 Å². The van der Waals surface area contributed by atoms with Crippen LogP contribution in [0.5, 0.6) is 0 Å². The van der Waals surface area contributed by atoms with Crippen LogP contribution in [0.1, 0.15) is 12.8 Å². The number of halogens is 3. The molecule has 1 rings (SSSR count). The van der Waals surface area contributed by atoms with Gasteiger partial charge in [0.05, 0.1) is 12.1 Å². The van der Waals surface area contributed by atoms with Gasteiger partial charge in [0.1, 0.15) is 0 Å². The second-order valence-electron chi connectivity index (χ2n) is 2.72. The molecule has 2 N–H and O–H groups in total. The molecule has 0 heterocycles. The van der Waals surface area contributed by atoms with Gasteiger partial charge >= 0.3 is 10.7 Å². The maximum absolute atomic E-state index is 12.2. The summed E-state index contributed by atoms with van der Waals surface area (Å²) in [5, 5.41) is 11.0. The van der Waals surface area contributed by atoms with Crippen molar-refractivity contribution < 1.29 is 18.7 Å². The molecule has 1 saturated carbocycles. The van der Waals surface area contributed by atoms with Crippen LogP contribution in [0.4, 0.5) is 8.78 Å². The van der Waals surface area contributed by atoms with Crippen molar-refractivity contribution in [3.63, 3.8) is 0 Å². The number of nitrogens with one attached hydrogen (secondary N) is 1. The van der Waals surface area contributed by atoms with E-state index in [1.165, 1.54) is 0 Å². The van der Waals surface area contributed by atoms with Gasteiger partial charge in [0.2, 0.25) is 0 Å². The molecular formula is C6H8BrF2NO2. The Morgan fingerprint density at radius 2 is 2.17 bits per heavy atom. The highest BCUT2D eigenvalue weighted by atomic mass is 79.9. The molecule has 0 aromatic rings. The average molecular weight is 244 g/mol. The molecule has 1 aliphatic rings. The van der Waals surface area contributed by atoms with Crippen LogP contribution in [0.2, 0.25) is 0 Å². The van der Waals surface area contributed by atoms with Crippen molar-refractivity contribution in [3.05, 3.63) is 0 Å². The highest BCUT2D eigenvalue weighted by Crippen LogP contribution is 2.25. The van der Waals surface area contributed by atoms with Crippen molar-refractivity contribution in [2.75, 3.05) is 0 Å². The third kappa shape index (κ3) is 2.13. The fraction of sp³-hybridized carbons (Fsp3) is 0.833. The summed E-state index contributed by atoms with van der Waals surface area (Å²) in [6.45, 7) is 0. The number of carbonyl (C=O) groups excluding carboxylic acids is 1. The zero-order valence-corrected chi connectivity index (χ0v) is 7.64. The number of rotatable bonds is 2. The summed E-state index contributed by atoms with van der Waals surface area (Å²) >= 11 is 1.92. The van der Waals surface area contributed by atoms with Gasteiger partial charge in [0.15, 0.2) is 0 Å². The SMILES string of the molecule is O=C(N[C@@H]1CC[C@H]1O)C(F)(F)Br. The molecule has 0 aromatic carbocycles. The zero-order valence-electron chi connectivity index (χ0n) is 6.06. The fourth-order valence-corrected chi connectivity index (χ4v) is 1.02. The van der Waals surface area contributed by atoms with E-state index in [-0.39, 0.29) is 0 Å². The first-order valence-corrected chi connectivity index (χ1v) is 4.26. The molecular weight excluding hydrogens is 236 g/mol. The van der Waals surface area contributed by atoms with Crippen LogP contribution >= 0.6 is 15.9 Å². The number of amides is 1. The third-order valence-electron chi connectivity index (χ3n) is 1.81. The van der Waals surface area contributed by atoms with Gasteiger partial charge in [0.25, 0.3) is 0 Å². The van der Waals surface area contributed by atoms with Crippen molar-refractivity contribution in [2.24, 2.45) is 0 Å². The lowest BCUT2D eigenvalue weighted by molar-refractivity contribution is -0.137. The van der Waals surface area contributed by atoms with E-state index >= 15 is 0 Å². The normalized spacial score (nSPS) is 29.3. The molecule has 0 saturated heterocycles. The lowest BCUT2D eigenvalue weighted by atomic mass is 9.89. The minimum absolute atomic E-state index is 0.513. The first-order chi connectivity index (χ1) is 5.41. The zero-order chi connectivity index (χ0) is 9.35. The summed E-state index contributed by atoms with van der Waals surface area (Å²) in [6.07, 6.45) is 0.429. The van der Waals surface area contributed by atoms with Gasteiger partial charge in [0, 0.05) is 15.9 Å². The predicted octanol–water partition coefficient (Wildman–Crippen LogP) is 0.614. The number of hydrogen-bond donors (Lipinski definition) is 2. The maximum atomic E-state index is 12.2. The minimum Gasteiger partial charge on any atom is -0.391 e. The van der Waals surface area contributed by atoms with Crippen molar-refractivity contribution >= 4 is 21.8 Å². The Kier molecular flexibility index (Phi) is 2.67. The van der Waals surface area contributed by atoms with Gasteiger partial charge in [-0.25, -0.2) is 0 Å². The second kappa shape index (κ2) is 3.26. The Balaban J connectivity index is 2.36. The van der Waals surface area contributed by atoms with Crippen LogP contribution in [-0.2, 0) is 4.79 Å². The summed E-state index contributed by atoms with van der Waals surface area (Å²) < 4.78 is 24.4. The van der Waals surface area contributed by atoms with Crippen LogP contribution < -0.4 is 5.32 Å². The lowest BCUT2D eigenvalue weighted by Gasteiger charge is -2.33. The van der Waals surface area contributed by atoms with Crippen LogP contribution in [0.25, 0.3) is 0 Å². The van der Waals surface area contributed by atoms with Crippen molar-refractivity contribution in [3.8, 4) is 0 Å². The van der Waals surface area contributed by atoms with E-state index in [0.29, 0.717) is 12.8 Å². The van der Waals surface area contributed by atoms with Crippen molar-refractivity contribution in [1.82, 2.24) is 5.32 Å². The van der Waals surface area contributed by atoms with Gasteiger partial charge in [-0.2, -0.15) is 8.78 Å². The monoisotopic (exact) mass is 243 g/mol. The number of aliphatic hydroxyl groups is 1. The Morgan fingerprint density at radius 3 is 2.42 bits per heavy atom. The molecule has 0 unspecified atom stereocenters. The molecule has 70 valence electrons. The highest BCUT2D eigenvalue weighted by Gasteiger charge is 2.39. The Hall–Kier alpha value is -0.230. The summed E-state index contributed by atoms with van der Waals surface area (Å²) in [6, 6.07) is -0.513. The number of carbonyl (C=O) groups is 1. The molecule has 0 aliphatic heterocycles. The standard InChI is InChI=1S/C6H8BrF2NO2/c7-6(8,9)5(12)10-3-1-2-4(3)11/h3-4,11H,1-2H2,(H,10,12)/t3-,4-/m1/s1. The highest BCUT2D eigenvalue weighted by molar-refractivity contribution is 9.10. The van der Waals surface area contributed by atoms with Gasteiger partial charge < -0.3 is 10.4 Å². The number of aliphatic hydroxyl groups excluding tert-OH is 1. The van der Waals surface area contributed by atoms with Gasteiger partial charge in [-0.1, -0.05) is 0 Å². The van der Waals surface area contributed by atoms with E-state index in [2.05, 4.69) is 0 Å². The molecule has 1 fully saturated rings. The Morgan fingerprint density at radius 1 is 1.58 bits per heavy atom. The van der Waals surface area contributed by atoms with Crippen LogP contribution in [-0.4, -0.2) is 28.0 Å². The lowest BCUT2D eigenvalue weighted by Crippen LogP contribution is -2.53. The van der Waals surface area contributed by atoms with Crippen molar-refractivity contribution in [2.45, 2.75) is 29.8 Å². The second-order valence-corrected chi connectivity index (χ2v) is 3.72. The van der Waals surface area contributed by atoms with Gasteiger partial charge in [-0.15, -0.1) is 0 Å². The molecule has 0 aromatic heterocycles. The molecule has 0 radical (unpaired) electrons. The fourth-order valence-electron chi connectivity index (χ4n) is 0.901. The van der Waals surface area contributed by atoms with Gasteiger partial charge in [-0.3, -0.25) is 4.79 Å². The average Bonchev–Trinajstić information content (AvgIpc) is 1.95. The summed E-state index contributed by atoms with van der Waals surface area (Å²) in [5.41, 5.74) is 0. The largest absolute Gasteiger partial charge is 0.391 e. The van der Waals surface area contributed by atoms with E-state index in [4.69, 9.17) is 5.11 Å². The molecule has 0 spiro atoms. The number of hydrogen-bond acceptors (Lipinski definition) is 2. The van der Waals surface area contributed by atoms with E-state index in [9.17, 15) is 13.6 Å². The first kappa shape index (κ1) is 9.85. The van der Waals surface area contributed by atoms with E-state index < -0.39 is 22.9 Å². The van der Waals surface area contributed by atoms with E-state index in [0.717, 1.165) is 0 Å². The maximum Gasteiger partial charge on any atom is 0.377 e. The van der Waals surface area contributed by atoms with Crippen molar-refractivity contribution in [1.29, 1.82) is 0 Å². The quantitative estimate of drug-likeness (QED) is 0.699. The summed E-state index contributed by atoms with van der Waals surface area (Å²) in [7, 11) is 0. The number of alkyl halides is 3. The molecule has 12 heavy (non-hydrogen) atoms. The first-order valence-electron chi connectivity index (χ1n) is 3.47. The summed E-state index contributed by atoms with van der Waals surface area (Å²) in [5.74, 6) is -1.40. The van der Waals surface area contributed by atoms with Gasteiger partial charge in [-0.05, 0) is 12.8 Å². The Labute approximate surface area is 76.3 Å². The molecule has 3 nitrogen and oxygen atoms in total. The predicted molar refractivity (Wildman–Crippen MR) is 41.0 cm³/mol. The molecule has 6 heteroatoms. The van der Waals surface area contributed by atoms with E-state index in [1.807, 2.05) is 21.2 Å². The molecule has 0 bridgehead atoms. The van der Waals surface area contributed by atoms with Crippen LogP contribution in [0.15, 0.2) is 0 Å². The van der Waals surface area contributed by atoms with Crippen LogP contribution in [0.3, 0.4) is 0 Å². The third-order valence-corrected chi connectivity index (χ3v) is 2.17. The topological polar surface area (TPSA) is 49.3 Å². The smallest absolute Gasteiger partial charge is 0.377 e. The molecule has 2 atom stereocenters.